The van der Waals surface area contributed by atoms with Crippen LogP contribution in [0.2, 0.25) is 0 Å². The summed E-state index contributed by atoms with van der Waals surface area (Å²) in [4.78, 5) is 2.45. The van der Waals surface area contributed by atoms with Crippen LogP contribution in [0.5, 0.6) is 0 Å². The van der Waals surface area contributed by atoms with E-state index in [1.165, 1.54) is 37.2 Å². The molecule has 0 unspecified atom stereocenters. The van der Waals surface area contributed by atoms with Gasteiger partial charge in [-0.3, -0.25) is 4.68 Å². The molecule has 0 aliphatic carbocycles. The Bertz CT molecular complexity index is 565. The van der Waals surface area contributed by atoms with E-state index < -0.39 is 0 Å². The van der Waals surface area contributed by atoms with Gasteiger partial charge in [0.1, 0.15) is 0 Å². The Morgan fingerprint density at radius 2 is 1.86 bits per heavy atom. The number of hydrogen-bond donors (Lipinski definition) is 1. The Morgan fingerprint density at radius 3 is 2.48 bits per heavy atom. The topological polar surface area (TPSA) is 33.1 Å². The molecular formula is C17H24N4. The number of benzene rings is 1. The minimum Gasteiger partial charge on any atom is -0.381 e. The Kier molecular flexibility index (Phi) is 4.13. The summed E-state index contributed by atoms with van der Waals surface area (Å²) in [6, 6.07) is 9.18. The normalized spacial score (nSPS) is 14.9. The van der Waals surface area contributed by atoms with Crippen LogP contribution in [0.4, 0.5) is 11.4 Å². The molecule has 3 rings (SSSR count). The summed E-state index contributed by atoms with van der Waals surface area (Å²) >= 11 is 0. The molecule has 4 heteroatoms. The molecule has 0 amide bonds. The van der Waals surface area contributed by atoms with Crippen molar-refractivity contribution in [1.29, 1.82) is 0 Å². The highest BCUT2D eigenvalue weighted by Crippen LogP contribution is 2.22. The lowest BCUT2D eigenvalue weighted by atomic mass is 10.2. The van der Waals surface area contributed by atoms with E-state index in [1.807, 2.05) is 10.9 Å². The van der Waals surface area contributed by atoms with Gasteiger partial charge in [-0.25, -0.2) is 0 Å². The molecular weight excluding hydrogens is 260 g/mol. The monoisotopic (exact) mass is 284 g/mol. The molecule has 0 saturated carbocycles. The Morgan fingerprint density at radius 1 is 1.14 bits per heavy atom. The zero-order valence-electron chi connectivity index (χ0n) is 12.9. The lowest BCUT2D eigenvalue weighted by Crippen LogP contribution is -2.17. The summed E-state index contributed by atoms with van der Waals surface area (Å²) in [6.45, 7) is 7.49. The van der Waals surface area contributed by atoms with Gasteiger partial charge in [0, 0.05) is 48.8 Å². The zero-order chi connectivity index (χ0) is 14.7. The first-order valence-corrected chi connectivity index (χ1v) is 7.84. The van der Waals surface area contributed by atoms with E-state index in [1.54, 1.807) is 0 Å². The first-order chi connectivity index (χ1) is 10.2. The van der Waals surface area contributed by atoms with Crippen LogP contribution in [-0.4, -0.2) is 22.9 Å². The van der Waals surface area contributed by atoms with E-state index in [0.717, 1.165) is 12.2 Å². The molecule has 0 atom stereocenters. The van der Waals surface area contributed by atoms with Crippen molar-refractivity contribution < 1.29 is 0 Å². The average molecular weight is 284 g/mol. The second-order valence-corrected chi connectivity index (χ2v) is 6.02. The predicted octanol–water partition coefficient (Wildman–Crippen LogP) is 3.68. The molecule has 2 heterocycles. The highest BCUT2D eigenvalue weighted by atomic mass is 15.3. The summed E-state index contributed by atoms with van der Waals surface area (Å²) in [5, 5.41) is 7.82. The van der Waals surface area contributed by atoms with Crippen molar-refractivity contribution in [3.8, 4) is 0 Å². The molecule has 21 heavy (non-hydrogen) atoms. The van der Waals surface area contributed by atoms with Crippen LogP contribution in [0.15, 0.2) is 36.7 Å². The molecule has 1 aromatic heterocycles. The fourth-order valence-electron chi connectivity index (χ4n) is 2.72. The van der Waals surface area contributed by atoms with E-state index >= 15 is 0 Å². The van der Waals surface area contributed by atoms with Crippen molar-refractivity contribution in [1.82, 2.24) is 9.78 Å². The van der Waals surface area contributed by atoms with Crippen LogP contribution in [0.25, 0.3) is 0 Å². The minimum absolute atomic E-state index is 0.415. The van der Waals surface area contributed by atoms with Crippen LogP contribution >= 0.6 is 0 Å². The van der Waals surface area contributed by atoms with Gasteiger partial charge in [-0.15, -0.1) is 0 Å². The Hall–Kier alpha value is -1.97. The van der Waals surface area contributed by atoms with Crippen LogP contribution in [0.1, 0.15) is 38.3 Å². The van der Waals surface area contributed by atoms with Crippen molar-refractivity contribution >= 4 is 11.4 Å². The van der Waals surface area contributed by atoms with Gasteiger partial charge in [-0.05, 0) is 51.0 Å². The number of aromatic nitrogens is 2. The maximum atomic E-state index is 4.36. The summed E-state index contributed by atoms with van der Waals surface area (Å²) < 4.78 is 1.99. The Balaban J connectivity index is 1.57. The van der Waals surface area contributed by atoms with Crippen molar-refractivity contribution in [2.45, 2.75) is 39.3 Å². The second kappa shape index (κ2) is 6.20. The molecule has 1 aromatic carbocycles. The summed E-state index contributed by atoms with van der Waals surface area (Å²) in [5.41, 5.74) is 3.72. The van der Waals surface area contributed by atoms with Crippen LogP contribution < -0.4 is 10.2 Å². The molecule has 1 saturated heterocycles. The maximum Gasteiger partial charge on any atom is 0.0539 e. The molecule has 0 radical (unpaired) electrons. The third kappa shape index (κ3) is 3.38. The lowest BCUT2D eigenvalue weighted by molar-refractivity contribution is 0.532. The fraction of sp³-hybridized carbons (Fsp3) is 0.471. The van der Waals surface area contributed by atoms with Crippen LogP contribution in [-0.2, 0) is 6.54 Å². The van der Waals surface area contributed by atoms with Gasteiger partial charge >= 0.3 is 0 Å². The molecule has 2 aromatic rings. The van der Waals surface area contributed by atoms with E-state index in [2.05, 4.69) is 59.6 Å². The van der Waals surface area contributed by atoms with E-state index in [0.29, 0.717) is 6.04 Å². The third-order valence-corrected chi connectivity index (χ3v) is 4.02. The number of hydrogen-bond acceptors (Lipinski definition) is 3. The molecule has 1 aliphatic rings. The van der Waals surface area contributed by atoms with Crippen LogP contribution in [0, 0.1) is 0 Å². The van der Waals surface area contributed by atoms with Gasteiger partial charge in [-0.1, -0.05) is 0 Å². The SMILES string of the molecule is CC(C)n1cc(CNc2ccc(N3CCCC3)cc2)cn1. The second-order valence-electron chi connectivity index (χ2n) is 6.02. The number of anilines is 2. The van der Waals surface area contributed by atoms with Crippen LogP contribution in [0.3, 0.4) is 0 Å². The highest BCUT2D eigenvalue weighted by Gasteiger charge is 2.11. The van der Waals surface area contributed by atoms with Gasteiger partial charge in [0.15, 0.2) is 0 Å². The average Bonchev–Trinajstić information content (AvgIpc) is 3.17. The van der Waals surface area contributed by atoms with Gasteiger partial charge in [0.25, 0.3) is 0 Å². The van der Waals surface area contributed by atoms with E-state index in [-0.39, 0.29) is 0 Å². The summed E-state index contributed by atoms with van der Waals surface area (Å²) in [5.74, 6) is 0. The lowest BCUT2D eigenvalue weighted by Gasteiger charge is -2.17. The number of nitrogens with one attached hydrogen (secondary N) is 1. The maximum absolute atomic E-state index is 4.36. The molecule has 4 nitrogen and oxygen atoms in total. The van der Waals surface area contributed by atoms with Gasteiger partial charge < -0.3 is 10.2 Å². The minimum atomic E-state index is 0.415. The molecule has 112 valence electrons. The van der Waals surface area contributed by atoms with E-state index in [9.17, 15) is 0 Å². The van der Waals surface area contributed by atoms with E-state index in [4.69, 9.17) is 0 Å². The zero-order valence-corrected chi connectivity index (χ0v) is 12.9. The fourth-order valence-corrected chi connectivity index (χ4v) is 2.72. The highest BCUT2D eigenvalue weighted by molar-refractivity contribution is 5.55. The van der Waals surface area contributed by atoms with Crippen molar-refractivity contribution in [2.75, 3.05) is 23.3 Å². The quantitative estimate of drug-likeness (QED) is 0.909. The van der Waals surface area contributed by atoms with Gasteiger partial charge in [0.05, 0.1) is 6.20 Å². The summed E-state index contributed by atoms with van der Waals surface area (Å²) in [7, 11) is 0. The van der Waals surface area contributed by atoms with Gasteiger partial charge in [0.2, 0.25) is 0 Å². The Labute approximate surface area is 126 Å². The number of nitrogens with zero attached hydrogens (tertiary/aromatic N) is 3. The molecule has 0 spiro atoms. The van der Waals surface area contributed by atoms with Crippen molar-refractivity contribution in [3.05, 3.63) is 42.2 Å². The first kappa shape index (κ1) is 14.0. The number of rotatable bonds is 5. The molecule has 0 bridgehead atoms. The molecule has 1 N–H and O–H groups in total. The largest absolute Gasteiger partial charge is 0.381 e. The first-order valence-electron chi connectivity index (χ1n) is 7.84. The molecule has 1 aliphatic heterocycles. The summed E-state index contributed by atoms with van der Waals surface area (Å²) in [6.07, 6.45) is 6.68. The predicted molar refractivity (Wildman–Crippen MR) is 87.8 cm³/mol. The molecule has 1 fully saturated rings. The van der Waals surface area contributed by atoms with Crippen molar-refractivity contribution in [2.24, 2.45) is 0 Å². The van der Waals surface area contributed by atoms with Gasteiger partial charge in [-0.2, -0.15) is 5.10 Å². The smallest absolute Gasteiger partial charge is 0.0539 e. The standard InChI is InChI=1S/C17H24N4/c1-14(2)21-13-15(12-19-21)11-18-16-5-7-17(8-6-16)20-9-3-4-10-20/h5-8,12-14,18H,3-4,9-11H2,1-2H3. The van der Waals surface area contributed by atoms with Crippen molar-refractivity contribution in [3.63, 3.8) is 0 Å². The third-order valence-electron chi connectivity index (χ3n) is 4.02.